The fourth-order valence-electron chi connectivity index (χ4n) is 2.64. The minimum Gasteiger partial charge on any atom is -0.324 e. The van der Waals surface area contributed by atoms with Crippen LogP contribution in [-0.2, 0) is 0 Å². The Kier molecular flexibility index (Phi) is 3.25. The van der Waals surface area contributed by atoms with E-state index in [1.165, 1.54) is 6.07 Å². The van der Waals surface area contributed by atoms with Crippen LogP contribution in [0.1, 0.15) is 18.5 Å². The lowest BCUT2D eigenvalue weighted by molar-refractivity contribution is 0.640. The highest BCUT2D eigenvalue weighted by atomic mass is 19.1. The van der Waals surface area contributed by atoms with Crippen LogP contribution in [0.5, 0.6) is 0 Å². The zero-order valence-corrected chi connectivity index (χ0v) is 11.3. The average molecular weight is 265 g/mol. The number of rotatable bonds is 2. The van der Waals surface area contributed by atoms with Gasteiger partial charge in [0.25, 0.3) is 0 Å². The molecular weight excluding hydrogens is 249 g/mol. The summed E-state index contributed by atoms with van der Waals surface area (Å²) in [5.41, 5.74) is 9.22. The molecule has 1 unspecified atom stereocenters. The molecule has 2 N–H and O–H groups in total. The van der Waals surface area contributed by atoms with Crippen molar-refractivity contribution in [3.05, 3.63) is 72.0 Å². The molecule has 20 heavy (non-hydrogen) atoms. The summed E-state index contributed by atoms with van der Waals surface area (Å²) in [4.78, 5) is 0. The first-order chi connectivity index (χ1) is 9.68. The van der Waals surface area contributed by atoms with E-state index in [-0.39, 0.29) is 11.9 Å². The van der Waals surface area contributed by atoms with Crippen molar-refractivity contribution in [1.29, 1.82) is 0 Å². The predicted molar refractivity (Wildman–Crippen MR) is 81.9 cm³/mol. The van der Waals surface area contributed by atoms with Crippen LogP contribution in [0.2, 0.25) is 0 Å². The lowest BCUT2D eigenvalue weighted by Crippen LogP contribution is -2.06. The molecular formula is C18H16FN. The van der Waals surface area contributed by atoms with Gasteiger partial charge in [0.15, 0.2) is 0 Å². The van der Waals surface area contributed by atoms with Crippen LogP contribution < -0.4 is 5.73 Å². The summed E-state index contributed by atoms with van der Waals surface area (Å²) in [6, 6.07) is 18.9. The molecule has 0 saturated carbocycles. The van der Waals surface area contributed by atoms with Gasteiger partial charge in [-0.3, -0.25) is 0 Å². The Morgan fingerprint density at radius 2 is 1.45 bits per heavy atom. The molecule has 0 bridgehead atoms. The van der Waals surface area contributed by atoms with Gasteiger partial charge in [0.2, 0.25) is 0 Å². The van der Waals surface area contributed by atoms with Crippen molar-refractivity contribution >= 4 is 10.8 Å². The lowest BCUT2D eigenvalue weighted by atomic mass is 9.92. The SMILES string of the molecule is CC(N)c1ccccc1-c1ccc(F)c2ccccc12. The van der Waals surface area contributed by atoms with E-state index in [9.17, 15) is 4.39 Å². The fourth-order valence-corrected chi connectivity index (χ4v) is 2.64. The Hall–Kier alpha value is -2.19. The normalized spacial score (nSPS) is 12.6. The minimum absolute atomic E-state index is 0.0602. The van der Waals surface area contributed by atoms with Gasteiger partial charge in [-0.05, 0) is 35.1 Å². The van der Waals surface area contributed by atoms with Crippen molar-refractivity contribution < 1.29 is 4.39 Å². The first-order valence-electron chi connectivity index (χ1n) is 6.70. The van der Waals surface area contributed by atoms with Crippen LogP contribution in [0, 0.1) is 5.82 Å². The largest absolute Gasteiger partial charge is 0.324 e. The van der Waals surface area contributed by atoms with E-state index >= 15 is 0 Å². The third kappa shape index (κ3) is 2.08. The van der Waals surface area contributed by atoms with E-state index < -0.39 is 0 Å². The van der Waals surface area contributed by atoms with Gasteiger partial charge in [-0.1, -0.05) is 54.6 Å². The average Bonchev–Trinajstić information content (AvgIpc) is 2.48. The van der Waals surface area contributed by atoms with Crippen molar-refractivity contribution in [2.24, 2.45) is 5.73 Å². The van der Waals surface area contributed by atoms with E-state index in [1.807, 2.05) is 61.5 Å². The number of nitrogens with two attached hydrogens (primary N) is 1. The lowest BCUT2D eigenvalue weighted by Gasteiger charge is -2.15. The Morgan fingerprint density at radius 1 is 0.800 bits per heavy atom. The molecule has 3 aromatic carbocycles. The maximum atomic E-state index is 13.9. The van der Waals surface area contributed by atoms with Crippen LogP contribution >= 0.6 is 0 Å². The number of hydrogen-bond acceptors (Lipinski definition) is 1. The fraction of sp³-hybridized carbons (Fsp3) is 0.111. The summed E-state index contributed by atoms with van der Waals surface area (Å²) in [5, 5.41) is 1.56. The van der Waals surface area contributed by atoms with Crippen LogP contribution in [0.15, 0.2) is 60.7 Å². The summed E-state index contributed by atoms with van der Waals surface area (Å²) >= 11 is 0. The molecule has 1 atom stereocenters. The highest BCUT2D eigenvalue weighted by Gasteiger charge is 2.12. The quantitative estimate of drug-likeness (QED) is 0.716. The molecule has 0 radical (unpaired) electrons. The van der Waals surface area contributed by atoms with Gasteiger partial charge in [0, 0.05) is 11.4 Å². The molecule has 1 nitrogen and oxygen atoms in total. The molecule has 0 spiro atoms. The summed E-state index contributed by atoms with van der Waals surface area (Å²) in [6.45, 7) is 1.96. The maximum absolute atomic E-state index is 13.9. The number of fused-ring (bicyclic) bond motifs is 1. The van der Waals surface area contributed by atoms with Crippen molar-refractivity contribution in [3.8, 4) is 11.1 Å². The molecule has 0 fully saturated rings. The smallest absolute Gasteiger partial charge is 0.131 e. The van der Waals surface area contributed by atoms with Crippen molar-refractivity contribution in [1.82, 2.24) is 0 Å². The second-order valence-corrected chi connectivity index (χ2v) is 5.02. The zero-order valence-electron chi connectivity index (χ0n) is 11.3. The van der Waals surface area contributed by atoms with Crippen molar-refractivity contribution in [3.63, 3.8) is 0 Å². The van der Waals surface area contributed by atoms with Crippen LogP contribution in [0.4, 0.5) is 4.39 Å². The second kappa shape index (κ2) is 5.06. The summed E-state index contributed by atoms with van der Waals surface area (Å²) in [5.74, 6) is -0.192. The Balaban J connectivity index is 2.34. The minimum atomic E-state index is -0.192. The summed E-state index contributed by atoms with van der Waals surface area (Å²) in [6.07, 6.45) is 0. The third-order valence-corrected chi connectivity index (χ3v) is 3.61. The van der Waals surface area contributed by atoms with E-state index in [1.54, 1.807) is 0 Å². The molecule has 0 aromatic heterocycles. The van der Waals surface area contributed by atoms with Crippen LogP contribution in [-0.4, -0.2) is 0 Å². The summed E-state index contributed by atoms with van der Waals surface area (Å²) < 4.78 is 13.9. The molecule has 0 aliphatic heterocycles. The van der Waals surface area contributed by atoms with E-state index in [4.69, 9.17) is 5.73 Å². The van der Waals surface area contributed by atoms with Gasteiger partial charge in [-0.15, -0.1) is 0 Å². The zero-order chi connectivity index (χ0) is 14.1. The van der Waals surface area contributed by atoms with E-state index in [0.29, 0.717) is 5.39 Å². The first kappa shape index (κ1) is 12.8. The molecule has 0 amide bonds. The molecule has 2 heteroatoms. The monoisotopic (exact) mass is 265 g/mol. The molecule has 0 saturated heterocycles. The van der Waals surface area contributed by atoms with Gasteiger partial charge in [-0.2, -0.15) is 0 Å². The molecule has 0 heterocycles. The highest BCUT2D eigenvalue weighted by molar-refractivity contribution is 5.97. The second-order valence-electron chi connectivity index (χ2n) is 5.02. The van der Waals surface area contributed by atoms with E-state index in [0.717, 1.165) is 22.1 Å². The molecule has 3 rings (SSSR count). The first-order valence-corrected chi connectivity index (χ1v) is 6.70. The molecule has 100 valence electrons. The summed E-state index contributed by atoms with van der Waals surface area (Å²) in [7, 11) is 0. The number of benzene rings is 3. The van der Waals surface area contributed by atoms with Crippen molar-refractivity contribution in [2.75, 3.05) is 0 Å². The molecule has 0 aliphatic carbocycles. The molecule has 3 aromatic rings. The van der Waals surface area contributed by atoms with Crippen LogP contribution in [0.25, 0.3) is 21.9 Å². The maximum Gasteiger partial charge on any atom is 0.131 e. The van der Waals surface area contributed by atoms with Gasteiger partial charge in [0.1, 0.15) is 5.82 Å². The van der Waals surface area contributed by atoms with Gasteiger partial charge < -0.3 is 5.73 Å². The van der Waals surface area contributed by atoms with Gasteiger partial charge >= 0.3 is 0 Å². The third-order valence-electron chi connectivity index (χ3n) is 3.61. The number of halogens is 1. The Bertz CT molecular complexity index is 762. The number of hydrogen-bond donors (Lipinski definition) is 1. The van der Waals surface area contributed by atoms with Crippen LogP contribution in [0.3, 0.4) is 0 Å². The standard InChI is InChI=1S/C18H16FN/c1-12(20)13-6-2-3-7-14(13)16-10-11-18(19)17-9-5-4-8-15(16)17/h2-12H,20H2,1H3. The highest BCUT2D eigenvalue weighted by Crippen LogP contribution is 2.33. The predicted octanol–water partition coefficient (Wildman–Crippen LogP) is 4.67. The molecule has 0 aliphatic rings. The Labute approximate surface area is 117 Å². The van der Waals surface area contributed by atoms with Gasteiger partial charge in [0.05, 0.1) is 0 Å². The topological polar surface area (TPSA) is 26.0 Å². The Morgan fingerprint density at radius 3 is 2.20 bits per heavy atom. The van der Waals surface area contributed by atoms with Crippen molar-refractivity contribution in [2.45, 2.75) is 13.0 Å². The van der Waals surface area contributed by atoms with Gasteiger partial charge in [-0.25, -0.2) is 4.39 Å². The van der Waals surface area contributed by atoms with E-state index in [2.05, 4.69) is 0 Å².